The van der Waals surface area contributed by atoms with Gasteiger partial charge >= 0.3 is 0 Å². The van der Waals surface area contributed by atoms with Crippen LogP contribution in [0.2, 0.25) is 0 Å². The Hall–Kier alpha value is -14.4. The van der Waals surface area contributed by atoms with E-state index < -0.39 is 0 Å². The van der Waals surface area contributed by atoms with E-state index in [0.717, 1.165) is 178 Å². The molecule has 12 heterocycles. The number of para-hydroxylation sites is 1. The number of fused-ring (bicyclic) bond motifs is 12. The zero-order valence-electron chi connectivity index (χ0n) is 75.5. The first-order valence-corrected chi connectivity index (χ1v) is 43.4. The van der Waals surface area contributed by atoms with Crippen molar-refractivity contribution in [2.75, 3.05) is 0 Å². The van der Waals surface area contributed by atoms with E-state index >= 15 is 0 Å². The van der Waals surface area contributed by atoms with Crippen LogP contribution >= 0.6 is 0 Å². The summed E-state index contributed by atoms with van der Waals surface area (Å²) in [5.41, 5.74) is 32.2. The van der Waals surface area contributed by atoms with E-state index in [9.17, 15) is 0 Å². The predicted octanol–water partition coefficient (Wildman–Crippen LogP) is 30.4. The zero-order chi connectivity index (χ0) is 90.5. The monoisotopic (exact) mass is 2480 g/mol. The number of benzene rings is 12. The van der Waals surface area contributed by atoms with Gasteiger partial charge in [0.1, 0.15) is 22.3 Å². The molecule has 0 aliphatic carbocycles. The molecule has 0 N–H and O–H groups in total. The normalized spacial score (nSPS) is 10.4. The summed E-state index contributed by atoms with van der Waals surface area (Å²) in [4.78, 5) is 34.6. The number of nitrogens with zero attached hydrogens (tertiary/aromatic N) is 8. The molecule has 0 saturated heterocycles. The maximum atomic E-state index is 6.10. The second-order valence-electron chi connectivity index (χ2n) is 31.5. The summed E-state index contributed by atoms with van der Waals surface area (Å²) in [5, 5.41) is 9.06. The molecule has 24 aromatic rings. The van der Waals surface area contributed by atoms with E-state index in [1.54, 1.807) is 49.6 Å². The zero-order valence-corrected chi connectivity index (χ0v) is 85.1. The SMILES string of the molecule is Cc1cc[c-]c(-c2ccccn2)c1.Cc1cc[c-]c(-c2ccccn2)c1.Cc1cc[c-]c(-c2ccccn2)c1.Cc1cc[c-]c(-c2ccccn2)c1.Cc1ccc2c(c1)oc1c(-c3ccccn3)[c-]ccc12.Cc1ccc2oc3c(-c4ccccn4)[c-]ccc3c2c1.Cc1cccc2c1oc1c(-c3ccccn3)[c-]ccc12.Cc1cccc2oc3c(-c4ccccn4)[c-]ccc3c12.[Ir].[Ir].[Ir].[Ir]. The fourth-order valence-corrected chi connectivity index (χ4v) is 15.4. The van der Waals surface area contributed by atoms with Crippen molar-refractivity contribution in [2.24, 2.45) is 0 Å². The minimum atomic E-state index is 0. The number of rotatable bonds is 8. The summed E-state index contributed by atoms with van der Waals surface area (Å²) in [5.74, 6) is 0. The van der Waals surface area contributed by atoms with Crippen molar-refractivity contribution in [3.63, 3.8) is 0 Å². The van der Waals surface area contributed by atoms with Crippen molar-refractivity contribution in [1.29, 1.82) is 0 Å². The van der Waals surface area contributed by atoms with E-state index in [1.165, 1.54) is 44.3 Å². The van der Waals surface area contributed by atoms with E-state index in [4.69, 9.17) is 17.7 Å². The minimum absolute atomic E-state index is 0. The Morgan fingerprint density at radius 3 is 0.846 bits per heavy atom. The molecule has 0 atom stereocenters. The standard InChI is InChI=1S/4C18H12NO.4C12H10N.4Ir/c1-12-6-4-10-16-17(12)14-8-5-7-13(18(14)20-16)15-9-2-3-11-19-15;1-12-6-4-7-13-14-8-5-9-15(18(14)20-17(12)13)16-10-2-3-11-19-16;1-12-8-9-13-14-5-4-6-15(16-7-2-3-10-19-16)18(14)20-17(13)11-12;1-12-8-9-17-15(11-12)13-5-4-6-14(18(13)20-17)16-7-2-3-10-19-16;4*1-10-5-4-6-11(9-10)12-7-2-3-8-13-12;;;;/h2-6,8-11H,1H3;2-8,10-11H,1H3;2*2-5,7-11H,1H3;4*2-5,7-9H,1H3;;;;/q8*-1;;;;. The molecule has 12 nitrogen and oxygen atoms in total. The number of pyridine rings is 8. The van der Waals surface area contributed by atoms with E-state index in [-0.39, 0.29) is 80.4 Å². The average Bonchev–Trinajstić information content (AvgIpc) is 1.63. The van der Waals surface area contributed by atoms with Gasteiger partial charge in [0, 0.05) is 152 Å². The Morgan fingerprint density at radius 2 is 0.471 bits per heavy atom. The van der Waals surface area contributed by atoms with Gasteiger partial charge in [0.15, 0.2) is 0 Å². The van der Waals surface area contributed by atoms with Gasteiger partial charge in [0.25, 0.3) is 0 Å². The third-order valence-corrected chi connectivity index (χ3v) is 21.8. The summed E-state index contributed by atoms with van der Waals surface area (Å²) in [6.45, 7) is 16.6. The largest absolute Gasteiger partial charge is 0.501 e. The quantitative estimate of drug-likeness (QED) is 0.133. The Labute approximate surface area is 846 Å². The molecule has 16 heteroatoms. The molecule has 676 valence electrons. The molecular weight excluding hydrogens is 2390 g/mol. The first kappa shape index (κ1) is 99.1. The number of aromatic nitrogens is 8. The summed E-state index contributed by atoms with van der Waals surface area (Å²) in [7, 11) is 0. The molecule has 0 fully saturated rings. The molecule has 0 saturated carbocycles. The van der Waals surface area contributed by atoms with Gasteiger partial charge in [-0.15, -0.1) is 214 Å². The van der Waals surface area contributed by atoms with Crippen LogP contribution in [-0.2, 0) is 80.4 Å². The second-order valence-corrected chi connectivity index (χ2v) is 31.5. The molecule has 136 heavy (non-hydrogen) atoms. The van der Waals surface area contributed by atoms with Gasteiger partial charge < -0.3 is 57.5 Å². The van der Waals surface area contributed by atoms with E-state index in [2.05, 4.69) is 229 Å². The van der Waals surface area contributed by atoms with Gasteiger partial charge in [-0.3, -0.25) is 0 Å². The third kappa shape index (κ3) is 24.2. The van der Waals surface area contributed by atoms with Crippen LogP contribution in [0.5, 0.6) is 0 Å². The molecule has 0 spiro atoms. The van der Waals surface area contributed by atoms with Crippen LogP contribution in [0.25, 0.3) is 178 Å². The van der Waals surface area contributed by atoms with Gasteiger partial charge in [0.2, 0.25) is 0 Å². The first-order valence-electron chi connectivity index (χ1n) is 43.4. The maximum absolute atomic E-state index is 6.10. The van der Waals surface area contributed by atoms with Crippen LogP contribution in [0.4, 0.5) is 0 Å². The van der Waals surface area contributed by atoms with Gasteiger partial charge in [-0.05, 0) is 163 Å². The Kier molecular flexibility index (Phi) is 35.0. The summed E-state index contributed by atoms with van der Waals surface area (Å²) in [6, 6.07) is 138. The summed E-state index contributed by atoms with van der Waals surface area (Å²) < 4.78 is 24.2. The number of hydrogen-bond donors (Lipinski definition) is 0. The van der Waals surface area contributed by atoms with Crippen molar-refractivity contribution >= 4 is 87.8 Å². The van der Waals surface area contributed by atoms with Crippen LogP contribution in [0.1, 0.15) is 44.5 Å². The van der Waals surface area contributed by atoms with Gasteiger partial charge in [-0.2, -0.15) is 0 Å². The van der Waals surface area contributed by atoms with Crippen molar-refractivity contribution in [1.82, 2.24) is 39.9 Å². The second kappa shape index (κ2) is 48.0. The van der Waals surface area contributed by atoms with Crippen LogP contribution < -0.4 is 0 Å². The summed E-state index contributed by atoms with van der Waals surface area (Å²) in [6.07, 6.45) is 14.3. The fourth-order valence-electron chi connectivity index (χ4n) is 15.4. The number of aryl methyl sites for hydroxylation is 8. The molecule has 0 unspecified atom stereocenters. The molecule has 0 bridgehead atoms. The molecular formula is C120H88Ir4N8O4-8. The van der Waals surface area contributed by atoms with Crippen LogP contribution in [0.3, 0.4) is 0 Å². The van der Waals surface area contributed by atoms with Gasteiger partial charge in [-0.1, -0.05) is 223 Å². The van der Waals surface area contributed by atoms with Crippen molar-refractivity contribution in [2.45, 2.75) is 55.4 Å². The molecule has 24 rings (SSSR count). The third-order valence-electron chi connectivity index (χ3n) is 21.8. The van der Waals surface area contributed by atoms with Crippen LogP contribution in [0, 0.1) is 104 Å². The molecule has 12 aromatic carbocycles. The Balaban J connectivity index is 0.000000132. The molecule has 0 aliphatic heterocycles. The fraction of sp³-hybridized carbons (Fsp3) is 0.0667. The average molecular weight is 2470 g/mol. The van der Waals surface area contributed by atoms with Gasteiger partial charge in [-0.25, -0.2) is 0 Å². The Morgan fingerprint density at radius 1 is 0.184 bits per heavy atom. The van der Waals surface area contributed by atoms with E-state index in [1.807, 2.05) is 255 Å². The van der Waals surface area contributed by atoms with Crippen molar-refractivity contribution in [3.05, 3.63) is 482 Å². The molecule has 0 amide bonds. The first-order chi connectivity index (χ1) is 64.8. The molecule has 0 aliphatic rings. The van der Waals surface area contributed by atoms with E-state index in [0.29, 0.717) is 0 Å². The number of hydrogen-bond acceptors (Lipinski definition) is 12. The number of furan rings is 4. The Bertz CT molecular complexity index is 7560. The van der Waals surface area contributed by atoms with Crippen LogP contribution in [-0.4, -0.2) is 39.9 Å². The predicted molar refractivity (Wildman–Crippen MR) is 535 cm³/mol. The molecule has 4 radical (unpaired) electrons. The van der Waals surface area contributed by atoms with Gasteiger partial charge in [0.05, 0.1) is 22.3 Å². The topological polar surface area (TPSA) is 156 Å². The van der Waals surface area contributed by atoms with Crippen molar-refractivity contribution in [3.8, 4) is 90.1 Å². The summed E-state index contributed by atoms with van der Waals surface area (Å²) >= 11 is 0. The van der Waals surface area contributed by atoms with Crippen molar-refractivity contribution < 1.29 is 98.1 Å². The van der Waals surface area contributed by atoms with Crippen LogP contribution in [0.15, 0.2) is 407 Å². The molecule has 12 aromatic heterocycles. The minimum Gasteiger partial charge on any atom is -0.501 e. The smallest absolute Gasteiger partial charge is 0.123 e. The maximum Gasteiger partial charge on any atom is 0.123 e.